The number of nitrogen functional groups attached to an aromatic ring is 1. The quantitative estimate of drug-likeness (QED) is 0.594. The zero-order valence-electron chi connectivity index (χ0n) is 9.27. The van der Waals surface area contributed by atoms with Gasteiger partial charge in [-0.15, -0.1) is 0 Å². The van der Waals surface area contributed by atoms with Gasteiger partial charge in [0.2, 0.25) is 0 Å². The van der Waals surface area contributed by atoms with Crippen LogP contribution >= 0.6 is 0 Å². The molecule has 1 rings (SSSR count). The highest BCUT2D eigenvalue weighted by molar-refractivity contribution is 5.94. The average Bonchev–Trinajstić information content (AvgIpc) is 2.30. The summed E-state index contributed by atoms with van der Waals surface area (Å²) in [6, 6.07) is 5.14. The van der Waals surface area contributed by atoms with E-state index < -0.39 is 0 Å². The van der Waals surface area contributed by atoms with Gasteiger partial charge in [0, 0.05) is 5.69 Å². The van der Waals surface area contributed by atoms with Crippen LogP contribution in [0.2, 0.25) is 0 Å². The standard InChI is InChI=1S/C12H16N2O2/c1-16-12(15)11-8-10(14)6-5-9(11)4-2-3-7-13/h2,4-6,8H,3,7,13-14H2,1H3. The summed E-state index contributed by atoms with van der Waals surface area (Å²) in [7, 11) is 1.35. The lowest BCUT2D eigenvalue weighted by molar-refractivity contribution is 0.0600. The number of hydrogen-bond acceptors (Lipinski definition) is 4. The fraction of sp³-hybridized carbons (Fsp3) is 0.250. The second kappa shape index (κ2) is 5.92. The molecule has 4 nitrogen and oxygen atoms in total. The van der Waals surface area contributed by atoms with Crippen molar-refractivity contribution in [2.75, 3.05) is 19.4 Å². The number of methoxy groups -OCH3 is 1. The summed E-state index contributed by atoms with van der Waals surface area (Å²) in [4.78, 5) is 11.5. The maximum atomic E-state index is 11.5. The maximum absolute atomic E-state index is 11.5. The number of carbonyl (C=O) groups excluding carboxylic acids is 1. The van der Waals surface area contributed by atoms with E-state index in [4.69, 9.17) is 11.5 Å². The van der Waals surface area contributed by atoms with E-state index in [-0.39, 0.29) is 5.97 Å². The van der Waals surface area contributed by atoms with Crippen LogP contribution in [0.25, 0.3) is 6.08 Å². The summed E-state index contributed by atoms with van der Waals surface area (Å²) in [5, 5.41) is 0. The van der Waals surface area contributed by atoms with Crippen LogP contribution in [0.3, 0.4) is 0 Å². The fourth-order valence-electron chi connectivity index (χ4n) is 1.31. The summed E-state index contributed by atoms with van der Waals surface area (Å²) < 4.78 is 4.69. The van der Waals surface area contributed by atoms with Crippen LogP contribution in [0.1, 0.15) is 22.3 Å². The maximum Gasteiger partial charge on any atom is 0.338 e. The van der Waals surface area contributed by atoms with Crippen LogP contribution < -0.4 is 11.5 Å². The number of rotatable bonds is 4. The van der Waals surface area contributed by atoms with Gasteiger partial charge in [-0.1, -0.05) is 18.2 Å². The van der Waals surface area contributed by atoms with Crippen molar-refractivity contribution >= 4 is 17.7 Å². The summed E-state index contributed by atoms with van der Waals surface area (Å²) in [6.45, 7) is 0.582. The van der Waals surface area contributed by atoms with Crippen LogP contribution in [0.5, 0.6) is 0 Å². The number of anilines is 1. The summed E-state index contributed by atoms with van der Waals surface area (Å²) in [5.74, 6) is -0.389. The van der Waals surface area contributed by atoms with Crippen LogP contribution in [0.4, 0.5) is 5.69 Å². The molecule has 1 aromatic carbocycles. The molecule has 0 aliphatic heterocycles. The zero-order chi connectivity index (χ0) is 12.0. The molecule has 0 saturated carbocycles. The van der Waals surface area contributed by atoms with Gasteiger partial charge in [0.25, 0.3) is 0 Å². The molecule has 0 unspecified atom stereocenters. The second-order valence-corrected chi connectivity index (χ2v) is 3.32. The second-order valence-electron chi connectivity index (χ2n) is 3.32. The van der Waals surface area contributed by atoms with Crippen LogP contribution in [0.15, 0.2) is 24.3 Å². The lowest BCUT2D eigenvalue weighted by atomic mass is 10.1. The van der Waals surface area contributed by atoms with Crippen LogP contribution in [-0.2, 0) is 4.74 Å². The SMILES string of the molecule is COC(=O)c1cc(N)ccc1C=CCCN. The Kier molecular flexibility index (Phi) is 4.54. The Hall–Kier alpha value is -1.81. The van der Waals surface area contributed by atoms with Gasteiger partial charge in [-0.25, -0.2) is 4.79 Å². The summed E-state index contributed by atoms with van der Waals surface area (Å²) >= 11 is 0. The summed E-state index contributed by atoms with van der Waals surface area (Å²) in [5.41, 5.74) is 12.8. The minimum Gasteiger partial charge on any atom is -0.465 e. The first-order valence-electron chi connectivity index (χ1n) is 5.03. The molecule has 0 atom stereocenters. The fourth-order valence-corrected chi connectivity index (χ4v) is 1.31. The number of carbonyl (C=O) groups is 1. The van der Waals surface area contributed by atoms with E-state index in [0.717, 1.165) is 12.0 Å². The largest absolute Gasteiger partial charge is 0.465 e. The molecular weight excluding hydrogens is 204 g/mol. The first-order chi connectivity index (χ1) is 7.69. The Morgan fingerprint density at radius 1 is 1.50 bits per heavy atom. The Balaban J connectivity index is 3.02. The predicted octanol–water partition coefficient (Wildman–Crippen LogP) is 1.42. The third-order valence-corrected chi connectivity index (χ3v) is 2.11. The van der Waals surface area contributed by atoms with Crippen molar-refractivity contribution in [3.05, 3.63) is 35.4 Å². The van der Waals surface area contributed by atoms with Crippen molar-refractivity contribution in [3.8, 4) is 0 Å². The lowest BCUT2D eigenvalue weighted by Crippen LogP contribution is -2.04. The minimum absolute atomic E-state index is 0.389. The zero-order valence-corrected chi connectivity index (χ0v) is 9.27. The third kappa shape index (κ3) is 3.10. The van der Waals surface area contributed by atoms with Crippen LogP contribution in [0, 0.1) is 0 Å². The van der Waals surface area contributed by atoms with E-state index in [9.17, 15) is 4.79 Å². The van der Waals surface area contributed by atoms with Gasteiger partial charge >= 0.3 is 5.97 Å². The Bertz CT molecular complexity index is 400. The molecule has 0 amide bonds. The van der Waals surface area contributed by atoms with Crippen molar-refractivity contribution in [1.82, 2.24) is 0 Å². The number of benzene rings is 1. The first-order valence-corrected chi connectivity index (χ1v) is 5.03. The highest BCUT2D eigenvalue weighted by Gasteiger charge is 2.09. The van der Waals surface area contributed by atoms with Gasteiger partial charge in [-0.3, -0.25) is 0 Å². The third-order valence-electron chi connectivity index (χ3n) is 2.11. The molecule has 0 heterocycles. The van der Waals surface area contributed by atoms with Gasteiger partial charge in [-0.05, 0) is 30.7 Å². The molecule has 4 N–H and O–H groups in total. The van der Waals surface area contributed by atoms with Crippen molar-refractivity contribution < 1.29 is 9.53 Å². The molecule has 1 aromatic rings. The van der Waals surface area contributed by atoms with Gasteiger partial charge in [-0.2, -0.15) is 0 Å². The molecule has 0 aliphatic rings. The smallest absolute Gasteiger partial charge is 0.338 e. The van der Waals surface area contributed by atoms with E-state index in [1.165, 1.54) is 7.11 Å². The monoisotopic (exact) mass is 220 g/mol. The molecule has 0 fully saturated rings. The number of ether oxygens (including phenoxy) is 1. The highest BCUT2D eigenvalue weighted by atomic mass is 16.5. The molecule has 86 valence electrons. The Labute approximate surface area is 94.9 Å². The van der Waals surface area contributed by atoms with Gasteiger partial charge in [0.1, 0.15) is 0 Å². The van der Waals surface area contributed by atoms with E-state index in [0.29, 0.717) is 17.8 Å². The molecule has 0 saturated heterocycles. The molecule has 0 bridgehead atoms. The number of nitrogens with two attached hydrogens (primary N) is 2. The molecule has 0 radical (unpaired) electrons. The molecular formula is C12H16N2O2. The van der Waals surface area contributed by atoms with Gasteiger partial charge in [0.05, 0.1) is 12.7 Å². The van der Waals surface area contributed by atoms with E-state index in [1.807, 2.05) is 12.2 Å². The van der Waals surface area contributed by atoms with E-state index in [1.54, 1.807) is 18.2 Å². The van der Waals surface area contributed by atoms with E-state index in [2.05, 4.69) is 4.74 Å². The first kappa shape index (κ1) is 12.3. The van der Waals surface area contributed by atoms with Crippen molar-refractivity contribution in [2.24, 2.45) is 5.73 Å². The summed E-state index contributed by atoms with van der Waals surface area (Å²) in [6.07, 6.45) is 4.53. The average molecular weight is 220 g/mol. The van der Waals surface area contributed by atoms with Crippen molar-refractivity contribution in [1.29, 1.82) is 0 Å². The van der Waals surface area contributed by atoms with Gasteiger partial charge in [0.15, 0.2) is 0 Å². The Morgan fingerprint density at radius 3 is 2.88 bits per heavy atom. The van der Waals surface area contributed by atoms with E-state index >= 15 is 0 Å². The predicted molar refractivity (Wildman–Crippen MR) is 64.9 cm³/mol. The highest BCUT2D eigenvalue weighted by Crippen LogP contribution is 2.16. The van der Waals surface area contributed by atoms with Crippen molar-refractivity contribution in [3.63, 3.8) is 0 Å². The molecule has 4 heteroatoms. The minimum atomic E-state index is -0.389. The normalized spacial score (nSPS) is 10.6. The number of hydrogen-bond donors (Lipinski definition) is 2. The van der Waals surface area contributed by atoms with Gasteiger partial charge < -0.3 is 16.2 Å². The van der Waals surface area contributed by atoms with Crippen molar-refractivity contribution in [2.45, 2.75) is 6.42 Å². The molecule has 0 spiro atoms. The molecule has 0 aliphatic carbocycles. The molecule has 16 heavy (non-hydrogen) atoms. The lowest BCUT2D eigenvalue weighted by Gasteiger charge is -2.05. The Morgan fingerprint density at radius 2 is 2.25 bits per heavy atom. The van der Waals surface area contributed by atoms with Crippen LogP contribution in [-0.4, -0.2) is 19.6 Å². The number of esters is 1. The topological polar surface area (TPSA) is 78.3 Å². The molecule has 0 aromatic heterocycles.